The summed E-state index contributed by atoms with van der Waals surface area (Å²) < 4.78 is 5.46. The minimum absolute atomic E-state index is 0.0706. The van der Waals surface area contributed by atoms with Crippen LogP contribution in [0, 0.1) is 16.0 Å². The Morgan fingerprint density at radius 2 is 1.95 bits per heavy atom. The fraction of sp³-hybridized carbons (Fsp3) is 0.533. The number of ketones is 1. The van der Waals surface area contributed by atoms with Crippen LogP contribution in [0.4, 0.5) is 5.69 Å². The van der Waals surface area contributed by atoms with Crippen molar-refractivity contribution >= 4 is 11.5 Å². The van der Waals surface area contributed by atoms with Gasteiger partial charge in [-0.1, -0.05) is 19.9 Å². The lowest BCUT2D eigenvalue weighted by Gasteiger charge is -2.11. The van der Waals surface area contributed by atoms with Crippen LogP contribution in [0.3, 0.4) is 0 Å². The topological polar surface area (TPSA) is 69.4 Å². The number of nitro benzene ring substituents is 1. The highest BCUT2D eigenvalue weighted by Crippen LogP contribution is 2.29. The van der Waals surface area contributed by atoms with E-state index in [1.54, 1.807) is 26.0 Å². The van der Waals surface area contributed by atoms with E-state index in [1.807, 2.05) is 13.8 Å². The summed E-state index contributed by atoms with van der Waals surface area (Å²) in [6, 6.07) is 4.61. The van der Waals surface area contributed by atoms with Crippen LogP contribution in [-0.2, 0) is 11.2 Å². The molecule has 0 saturated carbocycles. The third-order valence-corrected chi connectivity index (χ3v) is 2.62. The summed E-state index contributed by atoms with van der Waals surface area (Å²) in [6.45, 7) is 7.59. The molecule has 110 valence electrons. The van der Waals surface area contributed by atoms with Gasteiger partial charge < -0.3 is 4.74 Å². The lowest BCUT2D eigenvalue weighted by molar-refractivity contribution is -0.386. The highest BCUT2D eigenvalue weighted by molar-refractivity contribution is 5.81. The quantitative estimate of drug-likeness (QED) is 0.565. The van der Waals surface area contributed by atoms with Crippen molar-refractivity contribution in [2.45, 2.75) is 46.6 Å². The van der Waals surface area contributed by atoms with E-state index in [1.165, 1.54) is 6.07 Å². The van der Waals surface area contributed by atoms with Gasteiger partial charge in [-0.25, -0.2) is 0 Å². The Morgan fingerprint density at radius 3 is 2.45 bits per heavy atom. The average molecular weight is 279 g/mol. The first kappa shape index (κ1) is 16.1. The summed E-state index contributed by atoms with van der Waals surface area (Å²) in [6.07, 6.45) is 0.637. The van der Waals surface area contributed by atoms with Crippen LogP contribution in [0.1, 0.15) is 39.7 Å². The number of benzene rings is 1. The zero-order valence-electron chi connectivity index (χ0n) is 12.4. The monoisotopic (exact) mass is 279 g/mol. The summed E-state index contributed by atoms with van der Waals surface area (Å²) in [5.74, 6) is 0.663. The van der Waals surface area contributed by atoms with Gasteiger partial charge >= 0.3 is 5.69 Å². The van der Waals surface area contributed by atoms with Crippen molar-refractivity contribution < 1.29 is 14.5 Å². The number of rotatable bonds is 7. The molecule has 5 heteroatoms. The van der Waals surface area contributed by atoms with Crippen LogP contribution in [0.5, 0.6) is 5.75 Å². The lowest BCUT2D eigenvalue weighted by atomic mass is 10.0. The number of carbonyl (C=O) groups is 1. The van der Waals surface area contributed by atoms with Crippen LogP contribution >= 0.6 is 0 Å². The Balaban J connectivity index is 2.94. The van der Waals surface area contributed by atoms with E-state index in [4.69, 9.17) is 4.74 Å². The van der Waals surface area contributed by atoms with Crippen LogP contribution in [0.25, 0.3) is 0 Å². The molecule has 0 fully saturated rings. The minimum atomic E-state index is -0.475. The molecule has 0 amide bonds. The Labute approximate surface area is 119 Å². The smallest absolute Gasteiger partial charge is 0.310 e. The van der Waals surface area contributed by atoms with E-state index in [0.717, 1.165) is 5.56 Å². The van der Waals surface area contributed by atoms with Crippen molar-refractivity contribution in [2.24, 2.45) is 5.92 Å². The number of hydrogen-bond acceptors (Lipinski definition) is 4. The van der Waals surface area contributed by atoms with E-state index in [9.17, 15) is 14.9 Å². The minimum Gasteiger partial charge on any atom is -0.484 e. The molecule has 0 bridgehead atoms. The highest BCUT2D eigenvalue weighted by Gasteiger charge is 2.17. The molecule has 0 aromatic heterocycles. The third-order valence-electron chi connectivity index (χ3n) is 2.62. The Bertz CT molecular complexity index is 495. The SMILES string of the molecule is CC(C)CC(=O)Cc1ccc([N+](=O)[O-])c(OC(C)C)c1. The van der Waals surface area contributed by atoms with Crippen molar-refractivity contribution in [1.29, 1.82) is 0 Å². The summed E-state index contributed by atoms with van der Waals surface area (Å²) in [7, 11) is 0. The molecule has 0 aliphatic rings. The van der Waals surface area contributed by atoms with Gasteiger partial charge in [-0.2, -0.15) is 0 Å². The Kier molecular flexibility index (Phi) is 5.67. The predicted octanol–water partition coefficient (Wildman–Crippen LogP) is 3.54. The maximum atomic E-state index is 11.8. The molecule has 0 radical (unpaired) electrons. The standard InChI is InChI=1S/C15H21NO4/c1-10(2)7-13(17)8-12-5-6-14(16(18)19)15(9-12)20-11(3)4/h5-6,9-11H,7-8H2,1-4H3. The molecule has 20 heavy (non-hydrogen) atoms. The van der Waals surface area contributed by atoms with Gasteiger partial charge in [0, 0.05) is 18.9 Å². The Hall–Kier alpha value is -1.91. The van der Waals surface area contributed by atoms with Crippen molar-refractivity contribution in [3.8, 4) is 5.75 Å². The molecule has 1 aromatic rings. The molecule has 1 rings (SSSR count). The molecule has 0 heterocycles. The molecular formula is C15H21NO4. The number of hydrogen-bond donors (Lipinski definition) is 0. The van der Waals surface area contributed by atoms with Gasteiger partial charge in [-0.3, -0.25) is 14.9 Å². The van der Waals surface area contributed by atoms with E-state index >= 15 is 0 Å². The Morgan fingerprint density at radius 1 is 1.30 bits per heavy atom. The first-order valence-corrected chi connectivity index (χ1v) is 6.75. The van der Waals surface area contributed by atoms with E-state index in [-0.39, 0.29) is 29.7 Å². The van der Waals surface area contributed by atoms with Gasteiger partial charge in [0.1, 0.15) is 5.78 Å². The maximum absolute atomic E-state index is 11.8. The van der Waals surface area contributed by atoms with Gasteiger partial charge in [-0.15, -0.1) is 0 Å². The van der Waals surface area contributed by atoms with E-state index < -0.39 is 4.92 Å². The molecule has 0 atom stereocenters. The molecule has 0 N–H and O–H groups in total. The van der Waals surface area contributed by atoms with Crippen LogP contribution < -0.4 is 4.74 Å². The van der Waals surface area contributed by atoms with Gasteiger partial charge in [0.25, 0.3) is 0 Å². The number of ether oxygens (including phenoxy) is 1. The molecule has 0 aliphatic carbocycles. The maximum Gasteiger partial charge on any atom is 0.310 e. The first-order valence-electron chi connectivity index (χ1n) is 6.75. The second-order valence-electron chi connectivity index (χ2n) is 5.54. The molecule has 0 spiro atoms. The number of carbonyl (C=O) groups excluding carboxylic acids is 1. The van der Waals surface area contributed by atoms with E-state index in [0.29, 0.717) is 12.3 Å². The van der Waals surface area contributed by atoms with Gasteiger partial charge in [0.2, 0.25) is 0 Å². The summed E-state index contributed by atoms with van der Waals surface area (Å²) in [5, 5.41) is 10.9. The fourth-order valence-electron chi connectivity index (χ4n) is 1.92. The van der Waals surface area contributed by atoms with Crippen molar-refractivity contribution in [1.82, 2.24) is 0 Å². The zero-order valence-corrected chi connectivity index (χ0v) is 12.4. The average Bonchev–Trinajstić information content (AvgIpc) is 2.26. The first-order chi connectivity index (χ1) is 9.29. The zero-order chi connectivity index (χ0) is 15.3. The number of Topliss-reactive ketones (excluding diaryl/α,β-unsaturated/α-hetero) is 1. The summed E-state index contributed by atoms with van der Waals surface area (Å²) in [4.78, 5) is 22.3. The second-order valence-corrected chi connectivity index (χ2v) is 5.54. The highest BCUT2D eigenvalue weighted by atomic mass is 16.6. The van der Waals surface area contributed by atoms with Gasteiger partial charge in [0.05, 0.1) is 11.0 Å². The summed E-state index contributed by atoms with van der Waals surface area (Å²) >= 11 is 0. The van der Waals surface area contributed by atoms with Crippen LogP contribution in [0.15, 0.2) is 18.2 Å². The molecule has 5 nitrogen and oxygen atoms in total. The van der Waals surface area contributed by atoms with Crippen molar-refractivity contribution in [3.63, 3.8) is 0 Å². The largest absolute Gasteiger partial charge is 0.484 e. The summed E-state index contributed by atoms with van der Waals surface area (Å²) in [5.41, 5.74) is 0.677. The van der Waals surface area contributed by atoms with Crippen molar-refractivity contribution in [3.05, 3.63) is 33.9 Å². The number of nitrogens with zero attached hydrogens (tertiary/aromatic N) is 1. The molecule has 0 unspecified atom stereocenters. The van der Waals surface area contributed by atoms with E-state index in [2.05, 4.69) is 0 Å². The second kappa shape index (κ2) is 7.03. The molecule has 0 saturated heterocycles. The molecule has 0 aliphatic heterocycles. The van der Waals surface area contributed by atoms with Gasteiger partial charge in [0.15, 0.2) is 5.75 Å². The fourth-order valence-corrected chi connectivity index (χ4v) is 1.92. The van der Waals surface area contributed by atoms with Crippen LogP contribution in [0.2, 0.25) is 0 Å². The van der Waals surface area contributed by atoms with Crippen LogP contribution in [-0.4, -0.2) is 16.8 Å². The predicted molar refractivity (Wildman–Crippen MR) is 77.0 cm³/mol. The normalized spacial score (nSPS) is 10.9. The van der Waals surface area contributed by atoms with Gasteiger partial charge in [-0.05, 0) is 31.4 Å². The lowest BCUT2D eigenvalue weighted by Crippen LogP contribution is -2.09. The van der Waals surface area contributed by atoms with Crippen molar-refractivity contribution in [2.75, 3.05) is 0 Å². The third kappa shape index (κ3) is 4.99. The number of nitro groups is 1. The molecule has 1 aromatic carbocycles. The molecular weight excluding hydrogens is 258 g/mol.